The Morgan fingerprint density at radius 1 is 0.469 bits per heavy atom. The number of carbonyl (C=O) groups excluding carboxylic acids is 1. The van der Waals surface area contributed by atoms with Gasteiger partial charge >= 0.3 is 0 Å². The Kier molecular flexibility index (Phi) is 8.95. The van der Waals surface area contributed by atoms with E-state index in [-0.39, 0.29) is 23.0 Å². The van der Waals surface area contributed by atoms with Crippen molar-refractivity contribution in [1.29, 1.82) is 0 Å². The average Bonchev–Trinajstić information content (AvgIpc) is 2.80. The summed E-state index contributed by atoms with van der Waals surface area (Å²) in [6.07, 6.45) is 0. The fourth-order valence-electron chi connectivity index (χ4n) is 2.69. The van der Waals surface area contributed by atoms with Crippen LogP contribution in [0.5, 0.6) is 23.0 Å². The van der Waals surface area contributed by atoms with Gasteiger partial charge in [-0.2, -0.15) is 0 Å². The van der Waals surface area contributed by atoms with Crippen LogP contribution in [0.4, 0.5) is 0 Å². The Balaban J connectivity index is 0.000000211. The smallest absolute Gasteiger partial charge is 0.134 e. The molecule has 0 amide bonds. The van der Waals surface area contributed by atoms with Gasteiger partial charge in [-0.15, -0.1) is 0 Å². The maximum atomic E-state index is 9.43. The molecule has 0 radical (unpaired) electrons. The Morgan fingerprint density at radius 2 is 0.750 bits per heavy atom. The maximum Gasteiger partial charge on any atom is 0.134 e. The SMILES string of the molecule is C=O.Oc1ccc(-c2ccc(Cl)c(O)c2)cc1.Oc1ccc(-c2ccc(Cl)c(O)c2)cc1. The van der Waals surface area contributed by atoms with Crippen molar-refractivity contribution in [3.05, 3.63) is 95.0 Å². The predicted molar refractivity (Wildman–Crippen MR) is 128 cm³/mol. The van der Waals surface area contributed by atoms with E-state index in [0.717, 1.165) is 22.3 Å². The molecule has 4 aromatic carbocycles. The van der Waals surface area contributed by atoms with Gasteiger partial charge in [-0.1, -0.05) is 59.6 Å². The molecule has 0 unspecified atom stereocenters. The van der Waals surface area contributed by atoms with E-state index < -0.39 is 0 Å². The second-order valence-electron chi connectivity index (χ2n) is 6.43. The van der Waals surface area contributed by atoms with E-state index in [9.17, 15) is 10.2 Å². The van der Waals surface area contributed by atoms with Crippen LogP contribution in [0, 0.1) is 0 Å². The van der Waals surface area contributed by atoms with Crippen LogP contribution in [0.1, 0.15) is 0 Å². The molecule has 0 saturated heterocycles. The van der Waals surface area contributed by atoms with Crippen molar-refractivity contribution in [3.63, 3.8) is 0 Å². The van der Waals surface area contributed by atoms with Crippen LogP contribution >= 0.6 is 23.2 Å². The van der Waals surface area contributed by atoms with Crippen LogP contribution in [-0.2, 0) is 4.79 Å². The van der Waals surface area contributed by atoms with E-state index >= 15 is 0 Å². The molecule has 4 N–H and O–H groups in total. The van der Waals surface area contributed by atoms with Crippen LogP contribution in [-0.4, -0.2) is 27.2 Å². The van der Waals surface area contributed by atoms with Gasteiger partial charge in [0, 0.05) is 0 Å². The molecular weight excluding hydrogens is 451 g/mol. The third-order valence-electron chi connectivity index (χ3n) is 4.29. The number of carbonyl (C=O) groups is 1. The van der Waals surface area contributed by atoms with Gasteiger partial charge in [0.25, 0.3) is 0 Å². The highest BCUT2D eigenvalue weighted by Gasteiger charge is 2.03. The lowest BCUT2D eigenvalue weighted by Gasteiger charge is -2.03. The van der Waals surface area contributed by atoms with Crippen LogP contribution in [0.15, 0.2) is 84.9 Å². The van der Waals surface area contributed by atoms with Crippen molar-refractivity contribution < 1.29 is 25.2 Å². The molecule has 0 aliphatic carbocycles. The third-order valence-corrected chi connectivity index (χ3v) is 4.93. The van der Waals surface area contributed by atoms with Crippen LogP contribution < -0.4 is 0 Å². The zero-order valence-electron chi connectivity index (χ0n) is 16.7. The van der Waals surface area contributed by atoms with E-state index in [1.807, 2.05) is 18.9 Å². The van der Waals surface area contributed by atoms with Gasteiger partial charge in [-0.3, -0.25) is 0 Å². The van der Waals surface area contributed by atoms with Crippen molar-refractivity contribution in [3.8, 4) is 45.3 Å². The molecule has 4 rings (SSSR count). The monoisotopic (exact) mass is 470 g/mol. The second kappa shape index (κ2) is 11.6. The maximum absolute atomic E-state index is 9.43. The van der Waals surface area contributed by atoms with Gasteiger partial charge in [-0.25, -0.2) is 0 Å². The minimum atomic E-state index is 0.0576. The normalized spacial score (nSPS) is 9.69. The number of benzene rings is 4. The fourth-order valence-corrected chi connectivity index (χ4v) is 2.93. The van der Waals surface area contributed by atoms with Gasteiger partial charge < -0.3 is 25.2 Å². The number of hydrogen-bond donors (Lipinski definition) is 4. The highest BCUT2D eigenvalue weighted by atomic mass is 35.5. The molecule has 0 aliphatic heterocycles. The van der Waals surface area contributed by atoms with E-state index in [2.05, 4.69) is 0 Å². The summed E-state index contributed by atoms with van der Waals surface area (Å²) < 4.78 is 0. The van der Waals surface area contributed by atoms with Gasteiger partial charge in [0.15, 0.2) is 0 Å². The average molecular weight is 471 g/mol. The molecule has 0 bridgehead atoms. The van der Waals surface area contributed by atoms with Crippen LogP contribution in [0.3, 0.4) is 0 Å². The lowest BCUT2D eigenvalue weighted by molar-refractivity contribution is -0.0980. The number of halogens is 2. The first-order valence-corrected chi connectivity index (χ1v) is 9.94. The molecule has 32 heavy (non-hydrogen) atoms. The van der Waals surface area contributed by atoms with Crippen molar-refractivity contribution in [1.82, 2.24) is 0 Å². The molecular formula is C25H20Cl2O5. The first kappa shape index (κ1) is 24.6. The van der Waals surface area contributed by atoms with Crippen LogP contribution in [0.2, 0.25) is 10.0 Å². The molecule has 5 nitrogen and oxygen atoms in total. The fraction of sp³-hybridized carbons (Fsp3) is 0. The summed E-state index contributed by atoms with van der Waals surface area (Å²) in [5.41, 5.74) is 3.55. The highest BCUT2D eigenvalue weighted by molar-refractivity contribution is 6.32. The van der Waals surface area contributed by atoms with E-state index in [4.69, 9.17) is 38.2 Å². The molecule has 0 aromatic heterocycles. The largest absolute Gasteiger partial charge is 0.508 e. The van der Waals surface area contributed by atoms with Crippen molar-refractivity contribution in [2.75, 3.05) is 0 Å². The summed E-state index contributed by atoms with van der Waals surface area (Å²) in [6.45, 7) is 2.00. The van der Waals surface area contributed by atoms with Gasteiger partial charge in [-0.05, 0) is 70.8 Å². The molecule has 0 atom stereocenters. The quantitative estimate of drug-likeness (QED) is 0.262. The number of hydrogen-bond acceptors (Lipinski definition) is 5. The standard InChI is InChI=1S/2C12H9ClO2.CH2O/c2*13-11-6-3-9(7-12(11)15)8-1-4-10(14)5-2-8;1-2/h2*1-7,14-15H;1H2. The van der Waals surface area contributed by atoms with E-state index in [1.165, 1.54) is 0 Å². The molecule has 0 spiro atoms. The summed E-state index contributed by atoms with van der Waals surface area (Å²) in [4.78, 5) is 8.00. The summed E-state index contributed by atoms with van der Waals surface area (Å²) in [6, 6.07) is 23.6. The van der Waals surface area contributed by atoms with E-state index in [0.29, 0.717) is 10.0 Å². The van der Waals surface area contributed by atoms with E-state index in [1.54, 1.807) is 72.8 Å². The van der Waals surface area contributed by atoms with Crippen LogP contribution in [0.25, 0.3) is 22.3 Å². The molecule has 0 saturated carbocycles. The zero-order valence-corrected chi connectivity index (χ0v) is 18.3. The molecule has 0 aliphatic rings. The summed E-state index contributed by atoms with van der Waals surface area (Å²) in [5, 5.41) is 37.8. The summed E-state index contributed by atoms with van der Waals surface area (Å²) in [7, 11) is 0. The summed E-state index contributed by atoms with van der Waals surface area (Å²) >= 11 is 11.4. The van der Waals surface area contributed by atoms with Crippen molar-refractivity contribution >= 4 is 30.0 Å². The third kappa shape index (κ3) is 6.67. The Bertz CT molecular complexity index is 1070. The molecule has 7 heteroatoms. The number of phenols is 4. The lowest BCUT2D eigenvalue weighted by Crippen LogP contribution is -1.77. The topological polar surface area (TPSA) is 98.0 Å². The molecule has 164 valence electrons. The molecule has 4 aromatic rings. The Labute approximate surface area is 195 Å². The molecule has 0 heterocycles. The number of aromatic hydroxyl groups is 4. The summed E-state index contributed by atoms with van der Waals surface area (Å²) in [5.74, 6) is 0.554. The van der Waals surface area contributed by atoms with Gasteiger partial charge in [0.05, 0.1) is 10.0 Å². The lowest BCUT2D eigenvalue weighted by atomic mass is 10.1. The van der Waals surface area contributed by atoms with Crippen molar-refractivity contribution in [2.45, 2.75) is 0 Å². The predicted octanol–water partition coefficient (Wildman–Crippen LogP) is 6.65. The van der Waals surface area contributed by atoms with Crippen molar-refractivity contribution in [2.24, 2.45) is 0 Å². The minimum Gasteiger partial charge on any atom is -0.508 e. The highest BCUT2D eigenvalue weighted by Crippen LogP contribution is 2.31. The zero-order chi connectivity index (χ0) is 23.7. The van der Waals surface area contributed by atoms with Gasteiger partial charge in [0.1, 0.15) is 29.8 Å². The second-order valence-corrected chi connectivity index (χ2v) is 7.24. The minimum absolute atomic E-state index is 0.0576. The van der Waals surface area contributed by atoms with Gasteiger partial charge in [0.2, 0.25) is 0 Å². The number of phenolic OH excluding ortho intramolecular Hbond substituents is 4. The first-order chi connectivity index (χ1) is 15.3. The first-order valence-electron chi connectivity index (χ1n) is 9.18. The Morgan fingerprint density at radius 3 is 1.03 bits per heavy atom. The number of rotatable bonds is 2. The molecule has 0 fully saturated rings. The Hall–Kier alpha value is -3.67.